The highest BCUT2D eigenvalue weighted by atomic mass is 16.5. The fourth-order valence-corrected chi connectivity index (χ4v) is 4.55. The van der Waals surface area contributed by atoms with Crippen LogP contribution in [0.15, 0.2) is 54.6 Å². The third-order valence-corrected chi connectivity index (χ3v) is 6.11. The quantitative estimate of drug-likeness (QED) is 0.805. The van der Waals surface area contributed by atoms with E-state index in [0.29, 0.717) is 25.2 Å². The maximum Gasteiger partial charge on any atom is 0.223 e. The molecule has 0 saturated carbocycles. The molecule has 2 aliphatic heterocycles. The summed E-state index contributed by atoms with van der Waals surface area (Å²) in [5, 5.41) is 8.99. The average molecular weight is 389 g/mol. The molecule has 2 heterocycles. The zero-order valence-corrected chi connectivity index (χ0v) is 16.9. The zero-order valence-electron chi connectivity index (χ0n) is 16.9. The van der Waals surface area contributed by atoms with E-state index in [4.69, 9.17) is 10.00 Å². The third-order valence-electron chi connectivity index (χ3n) is 6.11. The minimum absolute atomic E-state index is 0.0679. The molecule has 0 aromatic heterocycles. The van der Waals surface area contributed by atoms with Gasteiger partial charge in [0.2, 0.25) is 5.91 Å². The van der Waals surface area contributed by atoms with Crippen LogP contribution >= 0.6 is 0 Å². The van der Waals surface area contributed by atoms with Crippen molar-refractivity contribution in [3.05, 3.63) is 71.3 Å². The first-order valence-electron chi connectivity index (χ1n) is 10.2. The van der Waals surface area contributed by atoms with E-state index in [0.717, 1.165) is 26.2 Å². The van der Waals surface area contributed by atoms with E-state index < -0.39 is 0 Å². The molecule has 1 amide bonds. The molecule has 2 aromatic carbocycles. The van der Waals surface area contributed by atoms with Gasteiger partial charge in [0.25, 0.3) is 0 Å². The van der Waals surface area contributed by atoms with Crippen molar-refractivity contribution in [3.63, 3.8) is 0 Å². The molecule has 0 N–H and O–H groups in total. The molecule has 5 heteroatoms. The molecule has 29 heavy (non-hydrogen) atoms. The van der Waals surface area contributed by atoms with Crippen molar-refractivity contribution in [1.82, 2.24) is 9.80 Å². The first-order chi connectivity index (χ1) is 14.1. The first-order valence-corrected chi connectivity index (χ1v) is 10.2. The molecule has 2 aliphatic rings. The van der Waals surface area contributed by atoms with Gasteiger partial charge < -0.3 is 9.64 Å². The van der Waals surface area contributed by atoms with Gasteiger partial charge in [0.1, 0.15) is 0 Å². The summed E-state index contributed by atoms with van der Waals surface area (Å²) < 4.78 is 5.96. The molecule has 2 aromatic rings. The molecule has 4 rings (SSSR count). The van der Waals surface area contributed by atoms with Gasteiger partial charge in [0.15, 0.2) is 0 Å². The summed E-state index contributed by atoms with van der Waals surface area (Å²) in [6, 6.07) is 20.2. The standard InChI is InChI=1S/C24H27N3O2/c1-19(22-5-3-2-4-6-22)27-17-24(13-23(27)28)16-26(11-12-29-18-24)15-21-9-7-20(14-25)8-10-21/h2-10,19H,11-13,15-18H2,1H3/t19-,24+/m0/s1. The molecular formula is C24H27N3O2. The Morgan fingerprint density at radius 3 is 2.62 bits per heavy atom. The number of hydrogen-bond acceptors (Lipinski definition) is 4. The normalized spacial score (nSPS) is 23.7. The minimum Gasteiger partial charge on any atom is -0.379 e. The van der Waals surface area contributed by atoms with Gasteiger partial charge in [-0.15, -0.1) is 0 Å². The molecule has 0 bridgehead atoms. The van der Waals surface area contributed by atoms with Crippen molar-refractivity contribution in [2.24, 2.45) is 5.41 Å². The van der Waals surface area contributed by atoms with E-state index in [2.05, 4.69) is 30.0 Å². The first kappa shape index (κ1) is 19.6. The summed E-state index contributed by atoms with van der Waals surface area (Å²) in [5.41, 5.74) is 2.86. The molecule has 150 valence electrons. The van der Waals surface area contributed by atoms with Crippen LogP contribution < -0.4 is 0 Å². The fourth-order valence-electron chi connectivity index (χ4n) is 4.55. The highest BCUT2D eigenvalue weighted by Crippen LogP contribution is 2.38. The predicted molar refractivity (Wildman–Crippen MR) is 111 cm³/mol. The van der Waals surface area contributed by atoms with Crippen molar-refractivity contribution in [2.75, 3.05) is 32.8 Å². The number of carbonyl (C=O) groups is 1. The van der Waals surface area contributed by atoms with Crippen LogP contribution in [0.4, 0.5) is 0 Å². The SMILES string of the molecule is C[C@@H](c1ccccc1)N1C[C@@]2(COCCN(Cc3ccc(C#N)cc3)C2)CC1=O. The highest BCUT2D eigenvalue weighted by molar-refractivity contribution is 5.80. The fraction of sp³-hybridized carbons (Fsp3) is 0.417. The van der Waals surface area contributed by atoms with E-state index in [1.165, 1.54) is 11.1 Å². The van der Waals surface area contributed by atoms with Gasteiger partial charge in [-0.3, -0.25) is 9.69 Å². The average Bonchev–Trinajstić information content (AvgIpc) is 2.94. The van der Waals surface area contributed by atoms with Gasteiger partial charge in [-0.05, 0) is 30.2 Å². The lowest BCUT2D eigenvalue weighted by Gasteiger charge is -2.33. The van der Waals surface area contributed by atoms with Crippen LogP contribution in [-0.4, -0.2) is 48.6 Å². The van der Waals surface area contributed by atoms with Gasteiger partial charge in [-0.25, -0.2) is 0 Å². The van der Waals surface area contributed by atoms with Crippen LogP contribution in [0, 0.1) is 16.7 Å². The van der Waals surface area contributed by atoms with Crippen molar-refractivity contribution in [2.45, 2.75) is 25.9 Å². The van der Waals surface area contributed by atoms with Crippen LogP contribution in [0.1, 0.15) is 36.1 Å². The van der Waals surface area contributed by atoms with Crippen molar-refractivity contribution >= 4 is 5.91 Å². The highest BCUT2D eigenvalue weighted by Gasteiger charge is 2.46. The Hall–Kier alpha value is -2.68. The molecular weight excluding hydrogens is 362 g/mol. The van der Waals surface area contributed by atoms with Crippen molar-refractivity contribution < 1.29 is 9.53 Å². The summed E-state index contributed by atoms with van der Waals surface area (Å²) in [4.78, 5) is 17.3. The molecule has 0 aliphatic carbocycles. The number of benzene rings is 2. The monoisotopic (exact) mass is 389 g/mol. The van der Waals surface area contributed by atoms with Gasteiger partial charge in [-0.1, -0.05) is 42.5 Å². The van der Waals surface area contributed by atoms with Crippen molar-refractivity contribution in [1.29, 1.82) is 5.26 Å². The lowest BCUT2D eigenvalue weighted by atomic mass is 9.87. The number of hydrogen-bond donors (Lipinski definition) is 0. The lowest BCUT2D eigenvalue weighted by molar-refractivity contribution is -0.129. The molecule has 1 spiro atoms. The topological polar surface area (TPSA) is 56.6 Å². The Balaban J connectivity index is 1.48. The Bertz CT molecular complexity index is 891. The molecule has 0 radical (unpaired) electrons. The van der Waals surface area contributed by atoms with Crippen LogP contribution in [0.3, 0.4) is 0 Å². The van der Waals surface area contributed by atoms with Crippen LogP contribution in [0.5, 0.6) is 0 Å². The minimum atomic E-state index is -0.163. The summed E-state index contributed by atoms with van der Waals surface area (Å²) in [6.07, 6.45) is 0.536. The molecule has 0 unspecified atom stereocenters. The van der Waals surface area contributed by atoms with Crippen LogP contribution in [0.2, 0.25) is 0 Å². The number of rotatable bonds is 4. The molecule has 2 fully saturated rings. The summed E-state index contributed by atoms with van der Waals surface area (Å²) >= 11 is 0. The van der Waals surface area contributed by atoms with Crippen LogP contribution in [-0.2, 0) is 16.1 Å². The van der Waals surface area contributed by atoms with Crippen LogP contribution in [0.25, 0.3) is 0 Å². The number of nitrogens with zero attached hydrogens (tertiary/aromatic N) is 3. The Morgan fingerprint density at radius 2 is 1.90 bits per heavy atom. The predicted octanol–water partition coefficient (Wildman–Crippen LogP) is 3.37. The Kier molecular flexibility index (Phi) is 5.66. The van der Waals surface area contributed by atoms with E-state index in [-0.39, 0.29) is 17.4 Å². The third kappa shape index (κ3) is 4.34. The Morgan fingerprint density at radius 1 is 1.14 bits per heavy atom. The maximum atomic E-state index is 12.9. The molecule has 2 saturated heterocycles. The maximum absolute atomic E-state index is 12.9. The summed E-state index contributed by atoms with van der Waals surface area (Å²) in [6.45, 7) is 6.64. The van der Waals surface area contributed by atoms with Gasteiger partial charge >= 0.3 is 0 Å². The van der Waals surface area contributed by atoms with E-state index >= 15 is 0 Å². The largest absolute Gasteiger partial charge is 0.379 e. The summed E-state index contributed by atoms with van der Waals surface area (Å²) in [5.74, 6) is 0.213. The number of likely N-dealkylation sites (tertiary alicyclic amines) is 1. The summed E-state index contributed by atoms with van der Waals surface area (Å²) in [7, 11) is 0. The van der Waals surface area contributed by atoms with Gasteiger partial charge in [0.05, 0.1) is 30.9 Å². The second-order valence-corrected chi connectivity index (χ2v) is 8.36. The molecule has 2 atom stereocenters. The second kappa shape index (κ2) is 8.36. The number of carbonyl (C=O) groups excluding carboxylic acids is 1. The van der Waals surface area contributed by atoms with Crippen molar-refractivity contribution in [3.8, 4) is 6.07 Å². The second-order valence-electron chi connectivity index (χ2n) is 8.36. The van der Waals surface area contributed by atoms with Gasteiger partial charge in [0, 0.05) is 38.0 Å². The smallest absolute Gasteiger partial charge is 0.223 e. The lowest BCUT2D eigenvalue weighted by Crippen LogP contribution is -2.40. The van der Waals surface area contributed by atoms with E-state index in [9.17, 15) is 4.79 Å². The number of ether oxygens (including phenoxy) is 1. The van der Waals surface area contributed by atoms with E-state index in [1.54, 1.807) is 0 Å². The Labute approximate surface area is 172 Å². The molecule has 5 nitrogen and oxygen atoms in total. The number of amides is 1. The van der Waals surface area contributed by atoms with Gasteiger partial charge in [-0.2, -0.15) is 5.26 Å². The number of nitriles is 1. The van der Waals surface area contributed by atoms with E-state index in [1.807, 2.05) is 47.4 Å². The zero-order chi connectivity index (χ0) is 20.3.